The predicted molar refractivity (Wildman–Crippen MR) is 112 cm³/mol. The van der Waals surface area contributed by atoms with Gasteiger partial charge in [-0.15, -0.1) is 0 Å². The number of benzene rings is 5. The third kappa shape index (κ3) is 2.93. The van der Waals surface area contributed by atoms with Gasteiger partial charge in [0.2, 0.25) is 0 Å². The Hall–Kier alpha value is -3.52. The highest BCUT2D eigenvalue weighted by Crippen LogP contribution is 2.32. The molecule has 0 amide bonds. The second kappa shape index (κ2) is 6.58. The summed E-state index contributed by atoms with van der Waals surface area (Å²) in [7, 11) is 0. The maximum Gasteiger partial charge on any atom is 0.123 e. The highest BCUT2D eigenvalue weighted by Gasteiger charge is 2.06. The highest BCUT2D eigenvalue weighted by molar-refractivity contribution is 6.09. The van der Waals surface area contributed by atoms with E-state index >= 15 is 0 Å². The lowest BCUT2D eigenvalue weighted by Crippen LogP contribution is -1.84. The lowest BCUT2D eigenvalue weighted by Gasteiger charge is -2.09. The molecule has 0 nitrogen and oxygen atoms in total. The minimum Gasteiger partial charge on any atom is -0.207 e. The molecule has 0 heterocycles. The van der Waals surface area contributed by atoms with Gasteiger partial charge in [0.1, 0.15) is 11.6 Å². The molecule has 2 heteroatoms. The van der Waals surface area contributed by atoms with Gasteiger partial charge in [0.25, 0.3) is 0 Å². The maximum absolute atomic E-state index is 13.2. The molecule has 0 atom stereocenters. The van der Waals surface area contributed by atoms with Crippen molar-refractivity contribution >= 4 is 21.5 Å². The summed E-state index contributed by atoms with van der Waals surface area (Å²) in [6.45, 7) is 0. The average molecular weight is 366 g/mol. The molecule has 0 bridgehead atoms. The third-order valence-corrected chi connectivity index (χ3v) is 5.19. The van der Waals surface area contributed by atoms with Gasteiger partial charge in [0.15, 0.2) is 0 Å². The van der Waals surface area contributed by atoms with Crippen molar-refractivity contribution in [1.82, 2.24) is 0 Å². The van der Waals surface area contributed by atoms with Crippen LogP contribution in [0.3, 0.4) is 0 Å². The normalized spacial score (nSPS) is 11.2. The van der Waals surface area contributed by atoms with Gasteiger partial charge in [0, 0.05) is 0 Å². The van der Waals surface area contributed by atoms with E-state index < -0.39 is 0 Å². The Balaban J connectivity index is 1.61. The quantitative estimate of drug-likeness (QED) is 0.282. The van der Waals surface area contributed by atoms with Crippen molar-refractivity contribution in [3.05, 3.63) is 109 Å². The Bertz CT molecular complexity index is 1200. The molecule has 0 saturated carbocycles. The second-order valence-corrected chi connectivity index (χ2v) is 6.95. The molecule has 0 fully saturated rings. The summed E-state index contributed by atoms with van der Waals surface area (Å²) in [5.41, 5.74) is 4.12. The van der Waals surface area contributed by atoms with Crippen LogP contribution in [0.2, 0.25) is 0 Å². The number of hydrogen-bond acceptors (Lipinski definition) is 0. The first-order chi connectivity index (χ1) is 13.7. The fourth-order valence-corrected chi connectivity index (χ4v) is 3.72. The summed E-state index contributed by atoms with van der Waals surface area (Å²) < 4.78 is 26.4. The highest BCUT2D eigenvalue weighted by atomic mass is 19.1. The van der Waals surface area contributed by atoms with E-state index in [0.29, 0.717) is 0 Å². The van der Waals surface area contributed by atoms with E-state index in [1.54, 1.807) is 24.3 Å². The van der Waals surface area contributed by atoms with E-state index in [1.165, 1.54) is 35.0 Å². The maximum atomic E-state index is 13.2. The number of fused-ring (bicyclic) bond motifs is 3. The van der Waals surface area contributed by atoms with E-state index in [2.05, 4.69) is 48.5 Å². The molecule has 0 unspecified atom stereocenters. The second-order valence-electron chi connectivity index (χ2n) is 6.95. The molecule has 0 spiro atoms. The zero-order valence-corrected chi connectivity index (χ0v) is 15.0. The first-order valence-electron chi connectivity index (χ1n) is 9.16. The van der Waals surface area contributed by atoms with Crippen molar-refractivity contribution in [2.24, 2.45) is 0 Å². The summed E-state index contributed by atoms with van der Waals surface area (Å²) in [5.74, 6) is -0.458. The molecular formula is C26H16F2. The third-order valence-electron chi connectivity index (χ3n) is 5.19. The standard InChI is InChI=1S/C26H16F2/c27-23-9-3-17(4-10-23)19-7-13-25-21(15-19)1-2-22-16-20(8-14-26(22)25)18-5-11-24(28)12-6-18/h1-16H. The van der Waals surface area contributed by atoms with Crippen LogP contribution in [0.25, 0.3) is 43.8 Å². The molecule has 0 aromatic heterocycles. The molecule has 0 aliphatic rings. The van der Waals surface area contributed by atoms with Gasteiger partial charge in [-0.1, -0.05) is 60.7 Å². The smallest absolute Gasteiger partial charge is 0.123 e. The monoisotopic (exact) mass is 366 g/mol. The summed E-state index contributed by atoms with van der Waals surface area (Å²) in [6, 6.07) is 30.0. The summed E-state index contributed by atoms with van der Waals surface area (Å²) >= 11 is 0. The fourth-order valence-electron chi connectivity index (χ4n) is 3.72. The van der Waals surface area contributed by atoms with Gasteiger partial charge < -0.3 is 0 Å². The van der Waals surface area contributed by atoms with Crippen molar-refractivity contribution in [3.8, 4) is 22.3 Å². The summed E-state index contributed by atoms with van der Waals surface area (Å²) in [6.07, 6.45) is 0. The summed E-state index contributed by atoms with van der Waals surface area (Å²) in [4.78, 5) is 0. The molecule has 0 radical (unpaired) electrons. The molecule has 5 rings (SSSR count). The van der Waals surface area contributed by atoms with Crippen LogP contribution in [0, 0.1) is 11.6 Å². The van der Waals surface area contributed by atoms with Crippen LogP contribution >= 0.6 is 0 Å². The molecule has 5 aromatic rings. The van der Waals surface area contributed by atoms with Crippen molar-refractivity contribution in [2.75, 3.05) is 0 Å². The molecule has 0 aliphatic carbocycles. The molecule has 0 saturated heterocycles. The average Bonchev–Trinajstić information content (AvgIpc) is 2.74. The van der Waals surface area contributed by atoms with Crippen molar-refractivity contribution in [1.29, 1.82) is 0 Å². The van der Waals surface area contributed by atoms with Crippen molar-refractivity contribution in [3.63, 3.8) is 0 Å². The van der Waals surface area contributed by atoms with E-state index in [-0.39, 0.29) is 11.6 Å². The minimum atomic E-state index is -0.229. The Labute approximate surface area is 161 Å². The number of halogens is 2. The van der Waals surface area contributed by atoms with Crippen LogP contribution in [0.4, 0.5) is 8.78 Å². The van der Waals surface area contributed by atoms with E-state index in [9.17, 15) is 8.78 Å². The molecule has 5 aromatic carbocycles. The van der Waals surface area contributed by atoms with Crippen LogP contribution in [0.15, 0.2) is 97.1 Å². The molecule has 0 aliphatic heterocycles. The van der Waals surface area contributed by atoms with Crippen LogP contribution in [0.5, 0.6) is 0 Å². The van der Waals surface area contributed by atoms with Gasteiger partial charge in [-0.25, -0.2) is 8.78 Å². The van der Waals surface area contributed by atoms with Crippen LogP contribution in [-0.2, 0) is 0 Å². The largest absolute Gasteiger partial charge is 0.207 e. The van der Waals surface area contributed by atoms with E-state index in [4.69, 9.17) is 0 Å². The Morgan fingerprint density at radius 1 is 0.357 bits per heavy atom. The Morgan fingerprint density at radius 2 is 0.714 bits per heavy atom. The van der Waals surface area contributed by atoms with Gasteiger partial charge in [-0.3, -0.25) is 0 Å². The van der Waals surface area contributed by atoms with Gasteiger partial charge in [0.05, 0.1) is 0 Å². The molecule has 0 N–H and O–H groups in total. The fraction of sp³-hybridized carbons (Fsp3) is 0. The van der Waals surface area contributed by atoms with Crippen LogP contribution in [-0.4, -0.2) is 0 Å². The van der Waals surface area contributed by atoms with E-state index in [0.717, 1.165) is 33.0 Å². The molecule has 134 valence electrons. The topological polar surface area (TPSA) is 0 Å². The summed E-state index contributed by atoms with van der Waals surface area (Å²) in [5, 5.41) is 4.63. The first-order valence-corrected chi connectivity index (χ1v) is 9.16. The van der Waals surface area contributed by atoms with Gasteiger partial charge in [-0.2, -0.15) is 0 Å². The van der Waals surface area contributed by atoms with Gasteiger partial charge >= 0.3 is 0 Å². The zero-order valence-electron chi connectivity index (χ0n) is 15.0. The minimum absolute atomic E-state index is 0.229. The number of hydrogen-bond donors (Lipinski definition) is 0. The van der Waals surface area contributed by atoms with Crippen LogP contribution in [0.1, 0.15) is 0 Å². The van der Waals surface area contributed by atoms with E-state index in [1.807, 2.05) is 0 Å². The van der Waals surface area contributed by atoms with Crippen LogP contribution < -0.4 is 0 Å². The SMILES string of the molecule is Fc1ccc(-c2ccc3c(ccc4cc(-c5ccc(F)cc5)ccc43)c2)cc1. The first kappa shape index (κ1) is 16.6. The van der Waals surface area contributed by atoms with Crippen molar-refractivity contribution in [2.45, 2.75) is 0 Å². The zero-order chi connectivity index (χ0) is 19.1. The predicted octanol–water partition coefficient (Wildman–Crippen LogP) is 7.61. The lowest BCUT2D eigenvalue weighted by molar-refractivity contribution is 0.627. The van der Waals surface area contributed by atoms with Crippen molar-refractivity contribution < 1.29 is 8.78 Å². The Kier molecular flexibility index (Phi) is 3.91. The molecule has 28 heavy (non-hydrogen) atoms. The van der Waals surface area contributed by atoms with Gasteiger partial charge in [-0.05, 0) is 80.2 Å². The number of rotatable bonds is 2. The Morgan fingerprint density at radius 3 is 1.11 bits per heavy atom. The lowest BCUT2D eigenvalue weighted by atomic mass is 9.95. The molecular weight excluding hydrogens is 350 g/mol.